The molecule has 0 saturated carbocycles. The zero-order valence-corrected chi connectivity index (χ0v) is 27.6. The number of carbonyl (C=O) groups is 2. The molecule has 3 N–H and O–H groups in total. The second-order valence-corrected chi connectivity index (χ2v) is 12.3. The zero-order chi connectivity index (χ0) is 34.6. The fourth-order valence-electron chi connectivity index (χ4n) is 5.89. The molecule has 256 valence electrons. The van der Waals surface area contributed by atoms with E-state index < -0.39 is 34.9 Å². The fraction of sp³-hybridized carbons (Fsp3) is 0.438. The largest absolute Gasteiger partial charge is 0.477 e. The number of urea groups is 1. The summed E-state index contributed by atoms with van der Waals surface area (Å²) < 4.78 is 42.3. The van der Waals surface area contributed by atoms with Crippen molar-refractivity contribution in [2.24, 2.45) is 0 Å². The minimum absolute atomic E-state index is 0.00993. The molecular formula is C32H37F3N8O4S. The molecule has 1 atom stereocenters. The summed E-state index contributed by atoms with van der Waals surface area (Å²) in [6.45, 7) is 11.6. The Morgan fingerprint density at radius 1 is 1.12 bits per heavy atom. The number of aromatic nitrogens is 4. The van der Waals surface area contributed by atoms with E-state index in [-0.39, 0.29) is 39.1 Å². The van der Waals surface area contributed by atoms with Gasteiger partial charge < -0.3 is 24.8 Å². The molecule has 0 radical (unpaired) electrons. The molecule has 1 aliphatic heterocycles. The number of fused-ring (bicyclic) bond motifs is 1. The summed E-state index contributed by atoms with van der Waals surface area (Å²) in [4.78, 5) is 55.3. The predicted octanol–water partition coefficient (Wildman–Crippen LogP) is 5.42. The number of likely N-dealkylation sites (tertiary alicyclic amines) is 1. The van der Waals surface area contributed by atoms with Gasteiger partial charge >= 0.3 is 18.2 Å². The Kier molecular flexibility index (Phi) is 10.8. The maximum atomic E-state index is 13.6. The van der Waals surface area contributed by atoms with Crippen molar-refractivity contribution in [1.29, 1.82) is 0 Å². The summed E-state index contributed by atoms with van der Waals surface area (Å²) in [5.41, 5.74) is -1.12. The van der Waals surface area contributed by atoms with Crippen LogP contribution in [0.5, 0.6) is 0 Å². The number of anilines is 1. The summed E-state index contributed by atoms with van der Waals surface area (Å²) in [6.07, 6.45) is 1.19. The van der Waals surface area contributed by atoms with Gasteiger partial charge in [-0.25, -0.2) is 19.6 Å². The van der Waals surface area contributed by atoms with Gasteiger partial charge in [-0.2, -0.15) is 13.2 Å². The molecule has 1 saturated heterocycles. The second kappa shape index (κ2) is 14.8. The topological polar surface area (TPSA) is 146 Å². The van der Waals surface area contributed by atoms with Crippen molar-refractivity contribution in [3.63, 3.8) is 0 Å². The lowest BCUT2D eigenvalue weighted by molar-refractivity contribution is -0.140. The van der Waals surface area contributed by atoms with Crippen LogP contribution in [0.4, 0.5) is 23.8 Å². The van der Waals surface area contributed by atoms with Crippen LogP contribution in [0.2, 0.25) is 0 Å². The number of carbonyl (C=O) groups excluding carboxylic acids is 1. The number of carboxylic acids is 1. The Morgan fingerprint density at radius 3 is 2.56 bits per heavy atom. The predicted molar refractivity (Wildman–Crippen MR) is 177 cm³/mol. The maximum absolute atomic E-state index is 13.6. The highest BCUT2D eigenvalue weighted by atomic mass is 32.1. The number of amides is 2. The number of pyridine rings is 3. The highest BCUT2D eigenvalue weighted by Crippen LogP contribution is 2.38. The van der Waals surface area contributed by atoms with Crippen LogP contribution in [-0.2, 0) is 6.18 Å². The normalized spacial score (nSPS) is 15.6. The number of nitrogens with zero attached hydrogens (tertiary/aromatic N) is 6. The number of rotatable bonds is 11. The van der Waals surface area contributed by atoms with Crippen molar-refractivity contribution in [3.8, 4) is 21.8 Å². The molecule has 2 amide bonds. The molecule has 0 aliphatic carbocycles. The van der Waals surface area contributed by atoms with Gasteiger partial charge in [0.2, 0.25) is 5.43 Å². The van der Waals surface area contributed by atoms with Crippen LogP contribution in [0, 0.1) is 0 Å². The van der Waals surface area contributed by atoms with Crippen molar-refractivity contribution < 1.29 is 27.9 Å². The summed E-state index contributed by atoms with van der Waals surface area (Å²) in [5, 5.41) is 16.1. The number of hydrogen-bond donors (Lipinski definition) is 3. The number of piperidine rings is 1. The Bertz CT molecular complexity index is 1860. The molecule has 0 spiro atoms. The molecular weight excluding hydrogens is 649 g/mol. The minimum Gasteiger partial charge on any atom is -0.477 e. The lowest BCUT2D eigenvalue weighted by atomic mass is 10.0. The van der Waals surface area contributed by atoms with Gasteiger partial charge in [-0.05, 0) is 51.5 Å². The van der Waals surface area contributed by atoms with Gasteiger partial charge in [0.1, 0.15) is 16.4 Å². The Hall–Kier alpha value is -4.41. The Morgan fingerprint density at radius 2 is 1.90 bits per heavy atom. The standard InChI is InChI=1S/C32H37F3N8O4S/c1-4-36-31(47)40-27-13-20(29-39-26(18-48-29)32(33,34)35)22(14-38-27)24-12-21-25(15-37-24)43(17-23(28(21)44)30(45)46)19-8-7-9-42(16-19)11-10-41(5-2)6-3/h12-15,17-19H,4-11,16H2,1-3H3,(H,45,46)(H2,36,38,40,47). The van der Waals surface area contributed by atoms with E-state index in [1.54, 1.807) is 6.92 Å². The van der Waals surface area contributed by atoms with Crippen LogP contribution in [0.15, 0.2) is 40.9 Å². The SMILES string of the molecule is CCNC(=O)Nc1cc(-c2nc(C(F)(F)F)cs2)c(-c2cc3c(=O)c(C(=O)O)cn(C4CCCN(CCN(CC)CC)C4)c3cn2)cn1. The third-order valence-corrected chi connectivity index (χ3v) is 9.31. The van der Waals surface area contributed by atoms with Crippen molar-refractivity contribution in [1.82, 2.24) is 34.6 Å². The van der Waals surface area contributed by atoms with E-state index in [2.05, 4.69) is 49.2 Å². The number of hydrogen-bond acceptors (Lipinski definition) is 9. The monoisotopic (exact) mass is 686 g/mol. The van der Waals surface area contributed by atoms with Crippen LogP contribution >= 0.6 is 11.3 Å². The number of likely N-dealkylation sites (N-methyl/N-ethyl adjacent to an activating group) is 1. The van der Waals surface area contributed by atoms with E-state index in [9.17, 15) is 32.7 Å². The molecule has 5 rings (SSSR count). The lowest BCUT2D eigenvalue weighted by Gasteiger charge is -2.35. The number of alkyl halides is 3. The molecule has 1 fully saturated rings. The van der Waals surface area contributed by atoms with Crippen LogP contribution in [0.25, 0.3) is 32.7 Å². The highest BCUT2D eigenvalue weighted by Gasteiger charge is 2.34. The molecule has 1 unspecified atom stereocenters. The van der Waals surface area contributed by atoms with Crippen molar-refractivity contribution in [2.45, 2.75) is 45.8 Å². The maximum Gasteiger partial charge on any atom is 0.434 e. The first-order valence-corrected chi connectivity index (χ1v) is 16.6. The Balaban J connectivity index is 1.59. The average Bonchev–Trinajstić information content (AvgIpc) is 3.57. The van der Waals surface area contributed by atoms with Crippen LogP contribution in [0.1, 0.15) is 55.7 Å². The third-order valence-electron chi connectivity index (χ3n) is 8.43. The van der Waals surface area contributed by atoms with Crippen molar-refractivity contribution in [2.75, 3.05) is 51.1 Å². The number of thiazole rings is 1. The Labute approximate surface area is 278 Å². The van der Waals surface area contributed by atoms with E-state index in [0.717, 1.165) is 62.3 Å². The van der Waals surface area contributed by atoms with Crippen molar-refractivity contribution >= 4 is 40.1 Å². The second-order valence-electron chi connectivity index (χ2n) is 11.4. The molecule has 5 heterocycles. The van der Waals surface area contributed by atoms with Crippen molar-refractivity contribution in [3.05, 3.63) is 57.6 Å². The van der Waals surface area contributed by atoms with Gasteiger partial charge in [-0.15, -0.1) is 11.3 Å². The smallest absolute Gasteiger partial charge is 0.434 e. The number of aromatic carboxylic acids is 1. The van der Waals surface area contributed by atoms with Gasteiger partial charge in [0.05, 0.1) is 22.8 Å². The third kappa shape index (κ3) is 7.66. The van der Waals surface area contributed by atoms with Gasteiger partial charge in [0, 0.05) is 61.1 Å². The van der Waals surface area contributed by atoms with E-state index in [1.807, 2.05) is 4.57 Å². The zero-order valence-electron chi connectivity index (χ0n) is 26.8. The van der Waals surface area contributed by atoms with Crippen LogP contribution in [-0.4, -0.2) is 92.2 Å². The van der Waals surface area contributed by atoms with Crippen LogP contribution < -0.4 is 16.1 Å². The fourth-order valence-corrected chi connectivity index (χ4v) is 6.74. The average molecular weight is 687 g/mol. The van der Waals surface area contributed by atoms with Crippen LogP contribution in [0.3, 0.4) is 0 Å². The van der Waals surface area contributed by atoms with E-state index in [4.69, 9.17) is 0 Å². The number of carboxylic acid groups (broad SMARTS) is 1. The minimum atomic E-state index is -4.68. The molecule has 1 aliphatic rings. The quantitative estimate of drug-likeness (QED) is 0.188. The summed E-state index contributed by atoms with van der Waals surface area (Å²) >= 11 is 0.753. The first kappa shape index (κ1) is 34.9. The first-order chi connectivity index (χ1) is 22.9. The molecule has 4 aromatic rings. The van der Waals surface area contributed by atoms with Gasteiger partial charge in [-0.3, -0.25) is 15.1 Å². The number of nitrogens with one attached hydrogen (secondary N) is 2. The first-order valence-electron chi connectivity index (χ1n) is 15.7. The molecule has 0 bridgehead atoms. The molecule has 16 heteroatoms. The summed E-state index contributed by atoms with van der Waals surface area (Å²) in [7, 11) is 0. The molecule has 48 heavy (non-hydrogen) atoms. The number of halogens is 3. The molecule has 12 nitrogen and oxygen atoms in total. The van der Waals surface area contributed by atoms with E-state index in [1.165, 1.54) is 30.7 Å². The summed E-state index contributed by atoms with van der Waals surface area (Å²) in [5.74, 6) is -1.31. The highest BCUT2D eigenvalue weighted by molar-refractivity contribution is 7.13. The summed E-state index contributed by atoms with van der Waals surface area (Å²) in [6, 6.07) is 2.16. The van der Waals surface area contributed by atoms with Gasteiger partial charge in [0.25, 0.3) is 0 Å². The van der Waals surface area contributed by atoms with Gasteiger partial charge in [-0.1, -0.05) is 13.8 Å². The molecule has 0 aromatic carbocycles. The van der Waals surface area contributed by atoms with E-state index in [0.29, 0.717) is 18.6 Å². The van der Waals surface area contributed by atoms with E-state index >= 15 is 0 Å². The van der Waals surface area contributed by atoms with Gasteiger partial charge in [0.15, 0.2) is 5.69 Å². The molecule has 4 aromatic heterocycles. The lowest BCUT2D eigenvalue weighted by Crippen LogP contribution is -2.41.